The lowest BCUT2D eigenvalue weighted by Crippen LogP contribution is -2.12. The summed E-state index contributed by atoms with van der Waals surface area (Å²) in [5.74, 6) is 0.874. The van der Waals surface area contributed by atoms with Gasteiger partial charge in [0.05, 0.1) is 0 Å². The number of hydrogen-bond acceptors (Lipinski definition) is 2. The van der Waals surface area contributed by atoms with Crippen molar-refractivity contribution in [2.24, 2.45) is 5.92 Å². The second-order valence-corrected chi connectivity index (χ2v) is 6.58. The zero-order chi connectivity index (χ0) is 17.1. The monoisotopic (exact) mass is 315 g/mol. The maximum absolute atomic E-state index is 10.2. The molecule has 0 bridgehead atoms. The molecule has 1 fully saturated rings. The van der Waals surface area contributed by atoms with E-state index in [4.69, 9.17) is 0 Å². The van der Waals surface area contributed by atoms with Crippen molar-refractivity contribution in [3.05, 3.63) is 60.5 Å². The van der Waals surface area contributed by atoms with Gasteiger partial charge in [-0.1, -0.05) is 75.1 Å². The van der Waals surface area contributed by atoms with Gasteiger partial charge in [-0.05, 0) is 38.2 Å². The van der Waals surface area contributed by atoms with Gasteiger partial charge in [0, 0.05) is 18.3 Å². The third-order valence-corrected chi connectivity index (χ3v) is 4.51. The van der Waals surface area contributed by atoms with Crippen molar-refractivity contribution in [1.29, 1.82) is 0 Å². The van der Waals surface area contributed by atoms with Crippen molar-refractivity contribution in [2.75, 3.05) is 0 Å². The molecule has 0 unspecified atom stereocenters. The van der Waals surface area contributed by atoms with Crippen LogP contribution in [-0.4, -0.2) is 10.3 Å². The van der Waals surface area contributed by atoms with E-state index >= 15 is 0 Å². The fourth-order valence-electron chi connectivity index (χ4n) is 3.01. The van der Waals surface area contributed by atoms with Crippen molar-refractivity contribution in [1.82, 2.24) is 5.06 Å². The third-order valence-electron chi connectivity index (χ3n) is 4.51. The molecule has 2 nitrogen and oxygen atoms in total. The number of rotatable bonds is 9. The molecule has 1 aliphatic rings. The van der Waals surface area contributed by atoms with E-state index in [-0.39, 0.29) is 0 Å². The molecule has 1 N–H and O–H groups in total. The maximum atomic E-state index is 10.2. The molecular formula is C21H33NO. The van der Waals surface area contributed by atoms with Gasteiger partial charge in [-0.3, -0.25) is 5.21 Å². The van der Waals surface area contributed by atoms with Crippen molar-refractivity contribution in [2.45, 2.75) is 65.2 Å². The lowest BCUT2D eigenvalue weighted by Gasteiger charge is -2.22. The summed E-state index contributed by atoms with van der Waals surface area (Å²) >= 11 is 0. The number of hydroxylamine groups is 2. The molecule has 23 heavy (non-hydrogen) atoms. The molecule has 0 saturated heterocycles. The van der Waals surface area contributed by atoms with E-state index in [1.807, 2.05) is 31.4 Å². The van der Waals surface area contributed by atoms with Crippen LogP contribution in [0, 0.1) is 5.92 Å². The summed E-state index contributed by atoms with van der Waals surface area (Å²) in [5, 5.41) is 11.3. The molecule has 0 amide bonds. The summed E-state index contributed by atoms with van der Waals surface area (Å²) in [6, 6.07) is 0. The summed E-state index contributed by atoms with van der Waals surface area (Å²) in [4.78, 5) is 0. The number of allylic oxidation sites excluding steroid dienone is 6. The van der Waals surface area contributed by atoms with Crippen LogP contribution in [0.5, 0.6) is 0 Å². The largest absolute Gasteiger partial charge is 0.284 e. The van der Waals surface area contributed by atoms with Gasteiger partial charge < -0.3 is 0 Å². The van der Waals surface area contributed by atoms with E-state index in [9.17, 15) is 5.21 Å². The van der Waals surface area contributed by atoms with Crippen LogP contribution >= 0.6 is 0 Å². The SMILES string of the molecule is C=C/C(=C\C=C/C)CC(=C)N(O)/C=C(\C)CCC1CCCCC1. The molecule has 1 saturated carbocycles. The second kappa shape index (κ2) is 11.1. The van der Waals surface area contributed by atoms with E-state index in [0.29, 0.717) is 12.1 Å². The van der Waals surface area contributed by atoms with Crippen LogP contribution in [-0.2, 0) is 0 Å². The molecule has 2 heteroatoms. The molecule has 0 aliphatic heterocycles. The third kappa shape index (κ3) is 8.03. The summed E-state index contributed by atoms with van der Waals surface area (Å²) in [6.07, 6.45) is 19.4. The average Bonchev–Trinajstić information content (AvgIpc) is 2.57. The Morgan fingerprint density at radius 1 is 1.26 bits per heavy atom. The van der Waals surface area contributed by atoms with E-state index in [0.717, 1.165) is 17.9 Å². The highest BCUT2D eigenvalue weighted by atomic mass is 16.5. The van der Waals surface area contributed by atoms with Crippen molar-refractivity contribution < 1.29 is 5.21 Å². The molecule has 128 valence electrons. The molecular weight excluding hydrogens is 282 g/mol. The first-order valence-electron chi connectivity index (χ1n) is 8.84. The zero-order valence-corrected chi connectivity index (χ0v) is 14.9. The van der Waals surface area contributed by atoms with Crippen molar-refractivity contribution >= 4 is 0 Å². The summed E-state index contributed by atoms with van der Waals surface area (Å²) in [7, 11) is 0. The first-order chi connectivity index (χ1) is 11.1. The topological polar surface area (TPSA) is 23.5 Å². The number of nitrogens with zero attached hydrogens (tertiary/aromatic N) is 1. The Bertz CT molecular complexity index is 464. The van der Waals surface area contributed by atoms with Gasteiger partial charge in [-0.25, -0.2) is 5.06 Å². The second-order valence-electron chi connectivity index (χ2n) is 6.58. The molecule has 1 aliphatic carbocycles. The highest BCUT2D eigenvalue weighted by Crippen LogP contribution is 2.28. The van der Waals surface area contributed by atoms with Crippen LogP contribution < -0.4 is 0 Å². The van der Waals surface area contributed by atoms with Gasteiger partial charge in [0.1, 0.15) is 0 Å². The highest BCUT2D eigenvalue weighted by molar-refractivity contribution is 5.26. The van der Waals surface area contributed by atoms with Gasteiger partial charge in [0.15, 0.2) is 0 Å². The highest BCUT2D eigenvalue weighted by Gasteiger charge is 2.13. The molecule has 0 aromatic carbocycles. The van der Waals surface area contributed by atoms with Gasteiger partial charge >= 0.3 is 0 Å². The van der Waals surface area contributed by atoms with Crippen LogP contribution in [0.2, 0.25) is 0 Å². The molecule has 0 atom stereocenters. The lowest BCUT2D eigenvalue weighted by atomic mass is 9.85. The molecule has 0 aromatic rings. The summed E-state index contributed by atoms with van der Waals surface area (Å²) in [5.41, 5.74) is 2.91. The van der Waals surface area contributed by atoms with Gasteiger partial charge in [0.2, 0.25) is 0 Å². The normalized spacial score (nSPS) is 17.5. The van der Waals surface area contributed by atoms with Crippen molar-refractivity contribution in [3.8, 4) is 0 Å². The van der Waals surface area contributed by atoms with Gasteiger partial charge in [-0.2, -0.15) is 0 Å². The maximum Gasteiger partial charge on any atom is 0.0432 e. The van der Waals surface area contributed by atoms with Crippen LogP contribution in [0.1, 0.15) is 65.2 Å². The van der Waals surface area contributed by atoms with Gasteiger partial charge in [-0.15, -0.1) is 0 Å². The number of hydrogen-bond donors (Lipinski definition) is 1. The zero-order valence-electron chi connectivity index (χ0n) is 14.9. The smallest absolute Gasteiger partial charge is 0.0432 e. The van der Waals surface area contributed by atoms with E-state index in [1.54, 1.807) is 6.08 Å². The van der Waals surface area contributed by atoms with Crippen LogP contribution in [0.3, 0.4) is 0 Å². The Balaban J connectivity index is 2.46. The Morgan fingerprint density at radius 3 is 2.57 bits per heavy atom. The molecule has 1 rings (SSSR count). The quantitative estimate of drug-likeness (QED) is 0.386. The molecule has 0 aromatic heterocycles. The Hall–Kier alpha value is -1.54. The Labute approximate surface area is 142 Å². The molecule has 0 heterocycles. The Kier molecular flexibility index (Phi) is 9.39. The summed E-state index contributed by atoms with van der Waals surface area (Å²) < 4.78 is 0. The Morgan fingerprint density at radius 2 is 1.96 bits per heavy atom. The van der Waals surface area contributed by atoms with Gasteiger partial charge in [0.25, 0.3) is 0 Å². The summed E-state index contributed by atoms with van der Waals surface area (Å²) in [6.45, 7) is 11.8. The predicted molar refractivity (Wildman–Crippen MR) is 100 cm³/mol. The minimum absolute atomic E-state index is 0.594. The first-order valence-corrected chi connectivity index (χ1v) is 8.84. The minimum atomic E-state index is 0.594. The van der Waals surface area contributed by atoms with Crippen molar-refractivity contribution in [3.63, 3.8) is 0 Å². The van der Waals surface area contributed by atoms with E-state index < -0.39 is 0 Å². The molecule has 0 spiro atoms. The first kappa shape index (κ1) is 19.5. The fourth-order valence-corrected chi connectivity index (χ4v) is 3.01. The van der Waals surface area contributed by atoms with Crippen LogP contribution in [0.4, 0.5) is 0 Å². The fraction of sp³-hybridized carbons (Fsp3) is 0.524. The standard InChI is InChI=1S/C21H33NO/c1-5-7-11-20(6-2)16-19(4)22(23)17-18(3)14-15-21-12-9-8-10-13-21/h5-7,11,17,21,23H,2,4,8-10,12-16H2,1,3H3/b7-5-,18-17+,20-11+. The van der Waals surface area contributed by atoms with E-state index in [2.05, 4.69) is 20.1 Å². The lowest BCUT2D eigenvalue weighted by molar-refractivity contribution is -0.00661. The van der Waals surface area contributed by atoms with Crippen LogP contribution in [0.25, 0.3) is 0 Å². The minimum Gasteiger partial charge on any atom is -0.284 e. The van der Waals surface area contributed by atoms with Crippen LogP contribution in [0.15, 0.2) is 60.5 Å². The average molecular weight is 316 g/mol. The predicted octanol–water partition coefficient (Wildman–Crippen LogP) is 6.53. The molecule has 0 radical (unpaired) electrons. The van der Waals surface area contributed by atoms with E-state index in [1.165, 1.54) is 49.2 Å².